The molecular formula is C24H49NO4P+. The van der Waals surface area contributed by atoms with Gasteiger partial charge in [0, 0.05) is 0 Å². The Morgan fingerprint density at radius 2 is 1.37 bits per heavy atom. The predicted octanol–water partition coefficient (Wildman–Crippen LogP) is 7.59. The molecule has 5 nitrogen and oxygen atoms in total. The highest BCUT2D eigenvalue weighted by Crippen LogP contribution is 2.57. The van der Waals surface area contributed by atoms with Crippen molar-refractivity contribution in [3.8, 4) is 0 Å². The average molecular weight is 447 g/mol. The van der Waals surface area contributed by atoms with Gasteiger partial charge in [-0.1, -0.05) is 90.4 Å². The van der Waals surface area contributed by atoms with Gasteiger partial charge in [0.25, 0.3) is 0 Å². The Morgan fingerprint density at radius 3 is 1.93 bits per heavy atom. The molecule has 0 spiro atoms. The minimum absolute atomic E-state index is 0.0193. The van der Waals surface area contributed by atoms with E-state index in [4.69, 9.17) is 13.6 Å². The van der Waals surface area contributed by atoms with E-state index in [9.17, 15) is 4.57 Å². The number of phosphoric acid groups is 1. The number of likely N-dealkylation sites (tertiary alicyclic amines) is 1. The van der Waals surface area contributed by atoms with Crippen LogP contribution >= 0.6 is 7.82 Å². The first-order valence-electron chi connectivity index (χ1n) is 12.9. The van der Waals surface area contributed by atoms with Crippen LogP contribution in [0.1, 0.15) is 116 Å². The van der Waals surface area contributed by atoms with Crippen molar-refractivity contribution < 1.29 is 22.6 Å². The highest BCUT2D eigenvalue weighted by atomic mass is 31.2. The minimum atomic E-state index is -3.40. The molecule has 178 valence electrons. The lowest BCUT2D eigenvalue weighted by molar-refractivity contribution is -0.933. The molecule has 3 unspecified atom stereocenters. The van der Waals surface area contributed by atoms with Gasteiger partial charge in [0.15, 0.2) is 0 Å². The van der Waals surface area contributed by atoms with Gasteiger partial charge in [-0.3, -0.25) is 9.05 Å². The van der Waals surface area contributed by atoms with Crippen LogP contribution < -0.4 is 0 Å². The van der Waals surface area contributed by atoms with Crippen LogP contribution in [0.5, 0.6) is 0 Å². The van der Waals surface area contributed by atoms with Crippen molar-refractivity contribution in [1.82, 2.24) is 0 Å². The summed E-state index contributed by atoms with van der Waals surface area (Å²) in [6.07, 6.45) is 21.4. The first-order valence-corrected chi connectivity index (χ1v) is 14.4. The average Bonchev–Trinajstić information content (AvgIpc) is 2.80. The van der Waals surface area contributed by atoms with Gasteiger partial charge in [-0.2, -0.15) is 0 Å². The molecular weight excluding hydrogens is 397 g/mol. The number of phosphoric ester groups is 1. The third kappa shape index (κ3) is 10.1. The van der Waals surface area contributed by atoms with E-state index >= 15 is 0 Å². The summed E-state index contributed by atoms with van der Waals surface area (Å²) in [5.41, 5.74) is 0. The normalized spacial score (nSPS) is 28.4. The number of quaternary nitrogens is 1. The van der Waals surface area contributed by atoms with E-state index in [1.807, 2.05) is 0 Å². The summed E-state index contributed by atoms with van der Waals surface area (Å²) in [7, 11) is 0.897. The van der Waals surface area contributed by atoms with Gasteiger partial charge in [-0.15, -0.1) is 0 Å². The monoisotopic (exact) mass is 446 g/mol. The Labute approximate surface area is 186 Å². The Balaban J connectivity index is 1.44. The van der Waals surface area contributed by atoms with Crippen LogP contribution in [0.15, 0.2) is 0 Å². The van der Waals surface area contributed by atoms with Crippen molar-refractivity contribution in [2.75, 3.05) is 27.2 Å². The molecule has 6 heteroatoms. The fraction of sp³-hybridized carbons (Fsp3) is 1.00. The zero-order chi connectivity index (χ0) is 21.7. The standard InChI is InChI=1S/C24H49NO4P/c1-4-5-6-7-8-9-10-11-12-13-14-15-16-17-21-27-30(26)28-23-19-18-20-25(2,3)24(22-23)29-30/h23-24H,4-22H2,1-3H3/q+1. The van der Waals surface area contributed by atoms with Gasteiger partial charge in [0.1, 0.15) is 0 Å². The molecule has 2 bridgehead atoms. The molecule has 30 heavy (non-hydrogen) atoms. The number of fused-ring (bicyclic) bond motifs is 2. The first-order chi connectivity index (χ1) is 14.5. The third-order valence-electron chi connectivity index (χ3n) is 6.78. The number of nitrogens with zero attached hydrogens (tertiary/aromatic N) is 1. The summed E-state index contributed by atoms with van der Waals surface area (Å²) in [5.74, 6) is 0. The third-order valence-corrected chi connectivity index (χ3v) is 8.34. The van der Waals surface area contributed by atoms with E-state index in [0.717, 1.165) is 43.1 Å². The molecule has 0 aromatic carbocycles. The molecule has 2 heterocycles. The molecule has 2 saturated heterocycles. The van der Waals surface area contributed by atoms with Gasteiger partial charge in [-0.25, -0.2) is 9.09 Å². The lowest BCUT2D eigenvalue weighted by atomic mass is 10.0. The van der Waals surface area contributed by atoms with Gasteiger partial charge in [0.2, 0.25) is 6.23 Å². The molecule has 2 aliphatic rings. The maximum atomic E-state index is 12.9. The van der Waals surface area contributed by atoms with Crippen LogP contribution in [0.4, 0.5) is 0 Å². The smallest absolute Gasteiger partial charge is 0.303 e. The largest absolute Gasteiger partial charge is 0.479 e. The summed E-state index contributed by atoms with van der Waals surface area (Å²) in [4.78, 5) is 0. The molecule has 2 fully saturated rings. The summed E-state index contributed by atoms with van der Waals surface area (Å²) < 4.78 is 30.9. The summed E-state index contributed by atoms with van der Waals surface area (Å²) in [6, 6.07) is 0. The highest BCUT2D eigenvalue weighted by molar-refractivity contribution is 7.48. The van der Waals surface area contributed by atoms with Crippen LogP contribution in [0.2, 0.25) is 0 Å². The second-order valence-electron chi connectivity index (χ2n) is 10.0. The zero-order valence-electron chi connectivity index (χ0n) is 20.1. The molecule has 0 aliphatic carbocycles. The van der Waals surface area contributed by atoms with Crippen molar-refractivity contribution >= 4 is 7.82 Å². The zero-order valence-corrected chi connectivity index (χ0v) is 21.0. The SMILES string of the molecule is CCCCCCCCCCCCCCCCOP1(=O)OC2CCC[N+](C)(C)C(C2)O1. The second-order valence-corrected chi connectivity index (χ2v) is 11.6. The Bertz CT molecular complexity index is 500. The van der Waals surface area contributed by atoms with Crippen LogP contribution in [0, 0.1) is 0 Å². The molecule has 0 aromatic rings. The van der Waals surface area contributed by atoms with Crippen LogP contribution in [0.25, 0.3) is 0 Å². The molecule has 0 aromatic heterocycles. The van der Waals surface area contributed by atoms with E-state index in [1.54, 1.807) is 0 Å². The Kier molecular flexibility index (Phi) is 12.5. The van der Waals surface area contributed by atoms with Crippen molar-refractivity contribution in [2.24, 2.45) is 0 Å². The van der Waals surface area contributed by atoms with E-state index < -0.39 is 7.82 Å². The minimum Gasteiger partial charge on any atom is -0.303 e. The number of unbranched alkanes of at least 4 members (excludes halogenated alkanes) is 13. The molecule has 0 N–H and O–H groups in total. The van der Waals surface area contributed by atoms with Crippen LogP contribution in [-0.2, 0) is 18.1 Å². The summed E-state index contributed by atoms with van der Waals surface area (Å²) in [6.45, 7) is 3.78. The van der Waals surface area contributed by atoms with Crippen molar-refractivity contribution in [3.63, 3.8) is 0 Å². The number of hydrogen-bond acceptors (Lipinski definition) is 4. The van der Waals surface area contributed by atoms with Crippen molar-refractivity contribution in [2.45, 2.75) is 128 Å². The molecule has 3 atom stereocenters. The first kappa shape index (κ1) is 26.3. The topological polar surface area (TPSA) is 44.8 Å². The molecule has 2 aliphatic heterocycles. The van der Waals surface area contributed by atoms with Gasteiger partial charge in [-0.05, 0) is 19.3 Å². The number of rotatable bonds is 16. The summed E-state index contributed by atoms with van der Waals surface area (Å²) in [5, 5.41) is 0. The lowest BCUT2D eigenvalue weighted by Gasteiger charge is -2.40. The molecule has 0 radical (unpaired) electrons. The summed E-state index contributed by atoms with van der Waals surface area (Å²) >= 11 is 0. The molecule has 0 amide bonds. The Morgan fingerprint density at radius 1 is 0.833 bits per heavy atom. The van der Waals surface area contributed by atoms with Gasteiger partial charge >= 0.3 is 7.82 Å². The van der Waals surface area contributed by atoms with Crippen molar-refractivity contribution in [1.29, 1.82) is 0 Å². The van der Waals surface area contributed by atoms with E-state index in [-0.39, 0.29) is 12.3 Å². The van der Waals surface area contributed by atoms with Crippen LogP contribution in [-0.4, -0.2) is 44.1 Å². The van der Waals surface area contributed by atoms with Gasteiger partial charge < -0.3 is 4.48 Å². The predicted molar refractivity (Wildman–Crippen MR) is 124 cm³/mol. The van der Waals surface area contributed by atoms with Crippen LogP contribution in [0.3, 0.4) is 0 Å². The van der Waals surface area contributed by atoms with Crippen molar-refractivity contribution in [3.05, 3.63) is 0 Å². The molecule has 0 saturated carbocycles. The fourth-order valence-electron chi connectivity index (χ4n) is 4.66. The quantitative estimate of drug-likeness (QED) is 0.139. The van der Waals surface area contributed by atoms with E-state index in [1.165, 1.54) is 77.0 Å². The maximum Gasteiger partial charge on any atom is 0.479 e. The molecule has 2 rings (SSSR count). The van der Waals surface area contributed by atoms with E-state index in [0.29, 0.717) is 6.61 Å². The number of hydrogen-bond donors (Lipinski definition) is 0. The Hall–Kier alpha value is 0.0700. The fourth-order valence-corrected chi connectivity index (χ4v) is 6.38. The lowest BCUT2D eigenvalue weighted by Crippen LogP contribution is -2.51. The second kappa shape index (κ2) is 14.3. The van der Waals surface area contributed by atoms with E-state index in [2.05, 4.69) is 21.0 Å². The maximum absolute atomic E-state index is 12.9. The highest BCUT2D eigenvalue weighted by Gasteiger charge is 2.48. The van der Waals surface area contributed by atoms with Gasteiger partial charge in [0.05, 0.1) is 39.8 Å².